The lowest BCUT2D eigenvalue weighted by molar-refractivity contribution is 0.221. The number of anilines is 1. The second-order valence-electron chi connectivity index (χ2n) is 5.74. The Morgan fingerprint density at radius 1 is 1.16 bits per heavy atom. The lowest BCUT2D eigenvalue weighted by Gasteiger charge is -2.17. The van der Waals surface area contributed by atoms with Crippen LogP contribution in [0.3, 0.4) is 0 Å². The van der Waals surface area contributed by atoms with Gasteiger partial charge < -0.3 is 14.7 Å². The molecular weight excluding hydrogens is 316 g/mol. The van der Waals surface area contributed by atoms with Crippen molar-refractivity contribution in [2.75, 3.05) is 18.9 Å². The summed E-state index contributed by atoms with van der Waals surface area (Å²) in [4.78, 5) is 17.7. The van der Waals surface area contributed by atoms with Gasteiger partial charge in [-0.05, 0) is 18.6 Å². The van der Waals surface area contributed by atoms with Gasteiger partial charge in [-0.2, -0.15) is 0 Å². The number of benzene rings is 1. The molecule has 0 radical (unpaired) electrons. The Labute approximate surface area is 146 Å². The highest BCUT2D eigenvalue weighted by Gasteiger charge is 2.10. The first-order chi connectivity index (χ1) is 12.2. The zero-order chi connectivity index (χ0) is 17.5. The fourth-order valence-electron chi connectivity index (χ4n) is 2.42. The molecule has 0 unspecified atom stereocenters. The largest absolute Gasteiger partial charge is 0.361 e. The van der Waals surface area contributed by atoms with E-state index in [0.717, 1.165) is 35.5 Å². The van der Waals surface area contributed by atoms with E-state index < -0.39 is 0 Å². The Morgan fingerprint density at radius 3 is 2.68 bits per heavy atom. The SMILES string of the molecule is CN(CCCc1cc(-c2ccccc2)no1)C(=O)Nc1ccncc1. The van der Waals surface area contributed by atoms with Crippen LogP contribution in [0, 0.1) is 0 Å². The lowest BCUT2D eigenvalue weighted by atomic mass is 10.1. The molecule has 0 aliphatic rings. The van der Waals surface area contributed by atoms with Crippen LogP contribution < -0.4 is 5.32 Å². The van der Waals surface area contributed by atoms with Gasteiger partial charge in [0, 0.05) is 49.7 Å². The molecule has 1 aromatic carbocycles. The van der Waals surface area contributed by atoms with E-state index in [1.807, 2.05) is 36.4 Å². The first kappa shape index (κ1) is 16.7. The third-order valence-electron chi connectivity index (χ3n) is 3.82. The van der Waals surface area contributed by atoms with Crippen molar-refractivity contribution >= 4 is 11.7 Å². The summed E-state index contributed by atoms with van der Waals surface area (Å²) >= 11 is 0. The van der Waals surface area contributed by atoms with Crippen molar-refractivity contribution in [3.05, 3.63) is 66.7 Å². The summed E-state index contributed by atoms with van der Waals surface area (Å²) in [6.45, 7) is 0.623. The summed E-state index contributed by atoms with van der Waals surface area (Å²) in [7, 11) is 1.77. The Bertz CT molecular complexity index is 803. The van der Waals surface area contributed by atoms with Gasteiger partial charge in [0.15, 0.2) is 0 Å². The topological polar surface area (TPSA) is 71.3 Å². The minimum Gasteiger partial charge on any atom is -0.361 e. The molecule has 3 rings (SSSR count). The van der Waals surface area contributed by atoms with Gasteiger partial charge in [0.05, 0.1) is 0 Å². The Hall–Kier alpha value is -3.15. The first-order valence-electron chi connectivity index (χ1n) is 8.15. The van der Waals surface area contributed by atoms with Gasteiger partial charge in [-0.15, -0.1) is 0 Å². The average Bonchev–Trinajstić information content (AvgIpc) is 3.12. The molecule has 2 amide bonds. The van der Waals surface area contributed by atoms with Gasteiger partial charge in [0.2, 0.25) is 0 Å². The van der Waals surface area contributed by atoms with Crippen LogP contribution in [-0.4, -0.2) is 34.7 Å². The molecular formula is C19H20N4O2. The average molecular weight is 336 g/mol. The van der Waals surface area contributed by atoms with Crippen LogP contribution in [-0.2, 0) is 6.42 Å². The molecule has 0 aliphatic heterocycles. The van der Waals surface area contributed by atoms with Crippen molar-refractivity contribution < 1.29 is 9.32 Å². The fourth-order valence-corrected chi connectivity index (χ4v) is 2.42. The molecule has 0 spiro atoms. The van der Waals surface area contributed by atoms with Crippen molar-refractivity contribution in [3.63, 3.8) is 0 Å². The van der Waals surface area contributed by atoms with E-state index in [1.165, 1.54) is 0 Å². The lowest BCUT2D eigenvalue weighted by Crippen LogP contribution is -2.32. The molecule has 0 atom stereocenters. The van der Waals surface area contributed by atoms with Crippen LogP contribution in [0.4, 0.5) is 10.5 Å². The molecule has 0 fully saturated rings. The highest BCUT2D eigenvalue weighted by atomic mass is 16.5. The van der Waals surface area contributed by atoms with Crippen molar-refractivity contribution in [1.29, 1.82) is 0 Å². The number of carbonyl (C=O) groups is 1. The maximum absolute atomic E-state index is 12.1. The third kappa shape index (κ3) is 4.67. The number of carbonyl (C=O) groups excluding carboxylic acids is 1. The van der Waals surface area contributed by atoms with Gasteiger partial charge >= 0.3 is 6.03 Å². The second-order valence-corrected chi connectivity index (χ2v) is 5.74. The molecule has 0 bridgehead atoms. The van der Waals surface area contributed by atoms with Crippen LogP contribution in [0.2, 0.25) is 0 Å². The summed E-state index contributed by atoms with van der Waals surface area (Å²) in [5.41, 5.74) is 2.60. The molecule has 6 heteroatoms. The number of aryl methyl sites for hydroxylation is 1. The van der Waals surface area contributed by atoms with E-state index >= 15 is 0 Å². The second kappa shape index (κ2) is 8.10. The van der Waals surface area contributed by atoms with Gasteiger partial charge in [0.25, 0.3) is 0 Å². The monoisotopic (exact) mass is 336 g/mol. The zero-order valence-electron chi connectivity index (χ0n) is 14.1. The summed E-state index contributed by atoms with van der Waals surface area (Å²) < 4.78 is 5.38. The molecule has 6 nitrogen and oxygen atoms in total. The van der Waals surface area contributed by atoms with Crippen molar-refractivity contribution in [2.24, 2.45) is 0 Å². The molecule has 0 saturated carbocycles. The number of hydrogen-bond acceptors (Lipinski definition) is 4. The van der Waals surface area contributed by atoms with Gasteiger partial charge in [0.1, 0.15) is 11.5 Å². The predicted molar refractivity (Wildman–Crippen MR) is 96.1 cm³/mol. The van der Waals surface area contributed by atoms with E-state index in [0.29, 0.717) is 6.54 Å². The van der Waals surface area contributed by atoms with E-state index in [-0.39, 0.29) is 6.03 Å². The van der Waals surface area contributed by atoms with Crippen LogP contribution >= 0.6 is 0 Å². The normalized spacial score (nSPS) is 10.4. The number of pyridine rings is 1. The Balaban J connectivity index is 1.46. The standard InChI is InChI=1S/C19H20N4O2/c1-23(19(24)21-16-9-11-20-12-10-16)13-5-8-17-14-18(22-25-17)15-6-3-2-4-7-15/h2-4,6-7,9-12,14H,5,8,13H2,1H3,(H,20,21,24). The first-order valence-corrected chi connectivity index (χ1v) is 8.15. The third-order valence-corrected chi connectivity index (χ3v) is 3.82. The number of nitrogens with one attached hydrogen (secondary N) is 1. The minimum atomic E-state index is -0.145. The maximum Gasteiger partial charge on any atom is 0.321 e. The molecule has 0 aliphatic carbocycles. The minimum absolute atomic E-state index is 0.145. The summed E-state index contributed by atoms with van der Waals surface area (Å²) in [5.74, 6) is 0.821. The number of aromatic nitrogens is 2. The molecule has 1 N–H and O–H groups in total. The smallest absolute Gasteiger partial charge is 0.321 e. The van der Waals surface area contributed by atoms with Gasteiger partial charge in [-0.3, -0.25) is 4.98 Å². The summed E-state index contributed by atoms with van der Waals surface area (Å²) in [6, 6.07) is 15.2. The highest BCUT2D eigenvalue weighted by Crippen LogP contribution is 2.19. The van der Waals surface area contributed by atoms with Crippen molar-refractivity contribution in [1.82, 2.24) is 15.0 Å². The van der Waals surface area contributed by atoms with Gasteiger partial charge in [-0.1, -0.05) is 35.5 Å². The number of amides is 2. The number of urea groups is 1. The Kier molecular flexibility index (Phi) is 5.41. The molecule has 3 aromatic rings. The molecule has 25 heavy (non-hydrogen) atoms. The number of hydrogen-bond donors (Lipinski definition) is 1. The number of nitrogens with zero attached hydrogens (tertiary/aromatic N) is 3. The van der Waals surface area contributed by atoms with Gasteiger partial charge in [-0.25, -0.2) is 4.79 Å². The quantitative estimate of drug-likeness (QED) is 0.742. The van der Waals surface area contributed by atoms with Crippen LogP contribution in [0.25, 0.3) is 11.3 Å². The zero-order valence-corrected chi connectivity index (χ0v) is 14.1. The van der Waals surface area contributed by atoms with Crippen LogP contribution in [0.5, 0.6) is 0 Å². The van der Waals surface area contributed by atoms with Crippen LogP contribution in [0.1, 0.15) is 12.2 Å². The van der Waals surface area contributed by atoms with Crippen molar-refractivity contribution in [3.8, 4) is 11.3 Å². The van der Waals surface area contributed by atoms with Crippen molar-refractivity contribution in [2.45, 2.75) is 12.8 Å². The van der Waals surface area contributed by atoms with E-state index in [2.05, 4.69) is 15.5 Å². The molecule has 2 aromatic heterocycles. The summed E-state index contributed by atoms with van der Waals surface area (Å²) in [6.07, 6.45) is 4.81. The highest BCUT2D eigenvalue weighted by molar-refractivity contribution is 5.88. The summed E-state index contributed by atoms with van der Waals surface area (Å²) in [5, 5.41) is 6.93. The predicted octanol–water partition coefficient (Wildman–Crippen LogP) is 3.83. The molecule has 128 valence electrons. The fraction of sp³-hybridized carbons (Fsp3) is 0.211. The van der Waals surface area contributed by atoms with E-state index in [4.69, 9.17) is 4.52 Å². The molecule has 0 saturated heterocycles. The number of rotatable bonds is 6. The molecule has 2 heterocycles. The Morgan fingerprint density at radius 2 is 1.92 bits per heavy atom. The van der Waals surface area contributed by atoms with Crippen LogP contribution in [0.15, 0.2) is 65.4 Å². The van der Waals surface area contributed by atoms with E-state index in [1.54, 1.807) is 36.5 Å². The maximum atomic E-state index is 12.1. The van der Waals surface area contributed by atoms with E-state index in [9.17, 15) is 4.79 Å².